The number of ether oxygens (including phenoxy) is 2. The topological polar surface area (TPSA) is 30.5 Å². The van der Waals surface area contributed by atoms with Crippen LogP contribution in [0, 0.1) is 0 Å². The predicted molar refractivity (Wildman–Crippen MR) is 64.3 cm³/mol. The summed E-state index contributed by atoms with van der Waals surface area (Å²) < 4.78 is 10.9. The van der Waals surface area contributed by atoms with Crippen molar-refractivity contribution < 1.29 is 9.47 Å². The average Bonchev–Trinajstić information content (AvgIpc) is 2.19. The van der Waals surface area contributed by atoms with E-state index in [1.165, 1.54) is 6.42 Å². The Morgan fingerprint density at radius 1 is 1.13 bits per heavy atom. The minimum Gasteiger partial charge on any atom is -0.379 e. The Balaban J connectivity index is 3.09. The molecule has 0 fully saturated rings. The molecule has 0 aromatic carbocycles. The molecule has 0 rings (SSSR count). The molecule has 0 aliphatic carbocycles. The summed E-state index contributed by atoms with van der Waals surface area (Å²) in [5, 5.41) is 3.39. The van der Waals surface area contributed by atoms with Gasteiger partial charge in [-0.2, -0.15) is 0 Å². The first-order valence-electron chi connectivity index (χ1n) is 6.09. The third-order valence-electron chi connectivity index (χ3n) is 2.08. The molecule has 0 aromatic heterocycles. The van der Waals surface area contributed by atoms with Crippen molar-refractivity contribution in [1.82, 2.24) is 5.32 Å². The van der Waals surface area contributed by atoms with Gasteiger partial charge in [-0.1, -0.05) is 13.8 Å². The van der Waals surface area contributed by atoms with E-state index in [0.29, 0.717) is 12.6 Å². The molecule has 0 spiro atoms. The van der Waals surface area contributed by atoms with Crippen molar-refractivity contribution in [3.8, 4) is 0 Å². The highest BCUT2D eigenvalue weighted by atomic mass is 16.5. The Bertz CT molecular complexity index is 129. The number of hydrogen-bond donors (Lipinski definition) is 1. The van der Waals surface area contributed by atoms with Crippen LogP contribution in [0.15, 0.2) is 0 Å². The van der Waals surface area contributed by atoms with E-state index in [1.807, 2.05) is 6.92 Å². The molecule has 1 atom stereocenters. The summed E-state index contributed by atoms with van der Waals surface area (Å²) in [6.07, 6.45) is 2.53. The first-order chi connectivity index (χ1) is 7.16. The van der Waals surface area contributed by atoms with Crippen LogP contribution in [0.4, 0.5) is 0 Å². The maximum atomic E-state index is 5.60. The summed E-state index contributed by atoms with van der Waals surface area (Å²) in [6, 6.07) is 0.586. The van der Waals surface area contributed by atoms with E-state index in [-0.39, 0.29) is 6.10 Å². The first-order valence-corrected chi connectivity index (χ1v) is 6.09. The van der Waals surface area contributed by atoms with Crippen molar-refractivity contribution in [2.24, 2.45) is 0 Å². The Hall–Kier alpha value is -0.120. The monoisotopic (exact) mass is 217 g/mol. The zero-order chi connectivity index (χ0) is 11.5. The van der Waals surface area contributed by atoms with Crippen LogP contribution in [0.1, 0.15) is 40.5 Å². The van der Waals surface area contributed by atoms with Crippen molar-refractivity contribution in [3.63, 3.8) is 0 Å². The van der Waals surface area contributed by atoms with Crippen molar-refractivity contribution in [2.45, 2.75) is 52.7 Å². The predicted octanol–water partition coefficient (Wildman–Crippen LogP) is 2.21. The molecule has 1 N–H and O–H groups in total. The number of unbranched alkanes of at least 4 members (excludes halogenated alkanes) is 1. The lowest BCUT2D eigenvalue weighted by molar-refractivity contribution is -0.00444. The summed E-state index contributed by atoms with van der Waals surface area (Å²) in [5.41, 5.74) is 0. The summed E-state index contributed by atoms with van der Waals surface area (Å²) in [5.74, 6) is 0. The fourth-order valence-corrected chi connectivity index (χ4v) is 1.23. The van der Waals surface area contributed by atoms with E-state index in [2.05, 4.69) is 26.1 Å². The van der Waals surface area contributed by atoms with Crippen LogP contribution >= 0.6 is 0 Å². The van der Waals surface area contributed by atoms with Gasteiger partial charge in [0.1, 0.15) is 0 Å². The van der Waals surface area contributed by atoms with Crippen LogP contribution in [0.3, 0.4) is 0 Å². The molecular weight excluding hydrogens is 190 g/mol. The fraction of sp³-hybridized carbons (Fsp3) is 1.00. The quantitative estimate of drug-likeness (QED) is 0.569. The van der Waals surface area contributed by atoms with Crippen molar-refractivity contribution >= 4 is 0 Å². The molecule has 0 saturated heterocycles. The minimum absolute atomic E-state index is 0.225. The molecule has 15 heavy (non-hydrogen) atoms. The molecule has 3 heteroatoms. The number of rotatable bonds is 10. The highest BCUT2D eigenvalue weighted by Gasteiger charge is 2.00. The lowest BCUT2D eigenvalue weighted by atomic mass is 10.3. The van der Waals surface area contributed by atoms with Crippen molar-refractivity contribution in [2.75, 3.05) is 26.4 Å². The third-order valence-corrected chi connectivity index (χ3v) is 2.08. The van der Waals surface area contributed by atoms with Crippen molar-refractivity contribution in [1.29, 1.82) is 0 Å². The molecule has 0 aliphatic rings. The highest BCUT2D eigenvalue weighted by Crippen LogP contribution is 1.96. The summed E-state index contributed by atoms with van der Waals surface area (Å²) in [7, 11) is 0. The number of nitrogens with one attached hydrogen (secondary N) is 1. The molecule has 0 aliphatic heterocycles. The zero-order valence-electron chi connectivity index (χ0n) is 10.7. The fourth-order valence-electron chi connectivity index (χ4n) is 1.23. The highest BCUT2D eigenvalue weighted by molar-refractivity contribution is 4.53. The van der Waals surface area contributed by atoms with Gasteiger partial charge in [-0.25, -0.2) is 0 Å². The first kappa shape index (κ1) is 14.9. The smallest absolute Gasteiger partial charge is 0.0780 e. The molecule has 0 saturated carbocycles. The molecule has 0 radical (unpaired) electrons. The largest absolute Gasteiger partial charge is 0.379 e. The second-order valence-corrected chi connectivity index (χ2v) is 4.16. The second kappa shape index (κ2) is 10.4. The van der Waals surface area contributed by atoms with Gasteiger partial charge >= 0.3 is 0 Å². The lowest BCUT2D eigenvalue weighted by Gasteiger charge is -2.13. The third kappa shape index (κ3) is 11.8. The molecule has 92 valence electrons. The Kier molecular flexibility index (Phi) is 10.3. The van der Waals surface area contributed by atoms with Crippen molar-refractivity contribution in [3.05, 3.63) is 0 Å². The van der Waals surface area contributed by atoms with Crippen LogP contribution in [0.5, 0.6) is 0 Å². The van der Waals surface area contributed by atoms with Gasteiger partial charge < -0.3 is 14.8 Å². The summed E-state index contributed by atoms with van der Waals surface area (Å²) in [4.78, 5) is 0. The average molecular weight is 217 g/mol. The standard InChI is InChI=1S/C12H27NO2/c1-5-14-10-12(4)15-9-7-6-8-13-11(2)3/h11-13H,5-10H2,1-4H3. The van der Waals surface area contributed by atoms with Gasteiger partial charge in [0.2, 0.25) is 0 Å². The Morgan fingerprint density at radius 2 is 1.87 bits per heavy atom. The van der Waals surface area contributed by atoms with Crippen LogP contribution in [0.2, 0.25) is 0 Å². The Morgan fingerprint density at radius 3 is 2.47 bits per heavy atom. The maximum absolute atomic E-state index is 5.60. The van der Waals surface area contributed by atoms with Crippen LogP contribution < -0.4 is 5.32 Å². The van der Waals surface area contributed by atoms with Gasteiger partial charge in [-0.05, 0) is 33.2 Å². The summed E-state index contributed by atoms with van der Waals surface area (Å²) in [6.45, 7) is 11.8. The second-order valence-electron chi connectivity index (χ2n) is 4.16. The maximum Gasteiger partial charge on any atom is 0.0780 e. The van der Waals surface area contributed by atoms with Gasteiger partial charge in [0, 0.05) is 19.3 Å². The summed E-state index contributed by atoms with van der Waals surface area (Å²) >= 11 is 0. The molecule has 0 bridgehead atoms. The lowest BCUT2D eigenvalue weighted by Crippen LogP contribution is -2.24. The van der Waals surface area contributed by atoms with Gasteiger partial charge in [-0.15, -0.1) is 0 Å². The molecule has 1 unspecified atom stereocenters. The van der Waals surface area contributed by atoms with E-state index in [0.717, 1.165) is 26.2 Å². The Labute approximate surface area is 94.5 Å². The van der Waals surface area contributed by atoms with Gasteiger partial charge in [0.05, 0.1) is 12.7 Å². The molecule has 3 nitrogen and oxygen atoms in total. The molecule has 0 amide bonds. The van der Waals surface area contributed by atoms with E-state index >= 15 is 0 Å². The van der Waals surface area contributed by atoms with Gasteiger partial charge in [0.25, 0.3) is 0 Å². The van der Waals surface area contributed by atoms with Gasteiger partial charge in [0.15, 0.2) is 0 Å². The minimum atomic E-state index is 0.225. The van der Waals surface area contributed by atoms with Crippen LogP contribution in [0.25, 0.3) is 0 Å². The molecular formula is C12H27NO2. The van der Waals surface area contributed by atoms with E-state index < -0.39 is 0 Å². The number of hydrogen-bond acceptors (Lipinski definition) is 3. The van der Waals surface area contributed by atoms with Crippen LogP contribution in [-0.4, -0.2) is 38.5 Å². The zero-order valence-corrected chi connectivity index (χ0v) is 10.7. The van der Waals surface area contributed by atoms with Crippen LogP contribution in [-0.2, 0) is 9.47 Å². The van der Waals surface area contributed by atoms with E-state index in [4.69, 9.17) is 9.47 Å². The normalized spacial score (nSPS) is 13.4. The SMILES string of the molecule is CCOCC(C)OCCCCNC(C)C. The molecule has 0 heterocycles. The molecule has 0 aromatic rings. The van der Waals surface area contributed by atoms with Gasteiger partial charge in [-0.3, -0.25) is 0 Å². The van der Waals surface area contributed by atoms with E-state index in [9.17, 15) is 0 Å². The van der Waals surface area contributed by atoms with E-state index in [1.54, 1.807) is 0 Å².